The van der Waals surface area contributed by atoms with Crippen LogP contribution < -0.4 is 5.32 Å². The van der Waals surface area contributed by atoms with Crippen LogP contribution in [0.15, 0.2) is 4.52 Å². The summed E-state index contributed by atoms with van der Waals surface area (Å²) >= 11 is 0. The highest BCUT2D eigenvalue weighted by molar-refractivity contribution is 5.03. The second kappa shape index (κ2) is 3.65. The van der Waals surface area contributed by atoms with Crippen molar-refractivity contribution in [3.8, 4) is 0 Å². The summed E-state index contributed by atoms with van der Waals surface area (Å²) in [5.41, 5.74) is -1.45. The molecular weight excluding hydrogens is 185 g/mol. The number of aromatic nitrogens is 2. The average molecular weight is 199 g/mol. The molecule has 1 fully saturated rings. The number of hydrogen-bond donors (Lipinski definition) is 1. The highest BCUT2D eigenvalue weighted by Crippen LogP contribution is 2.30. The van der Waals surface area contributed by atoms with Crippen molar-refractivity contribution in [2.75, 3.05) is 13.1 Å². The first kappa shape index (κ1) is 9.58. The van der Waals surface area contributed by atoms with Crippen molar-refractivity contribution in [3.63, 3.8) is 0 Å². The number of nitrogens with zero attached hydrogens (tertiary/aromatic N) is 2. The number of halogens is 1. The van der Waals surface area contributed by atoms with Gasteiger partial charge in [0.15, 0.2) is 5.82 Å². The van der Waals surface area contributed by atoms with E-state index in [1.807, 2.05) is 6.92 Å². The van der Waals surface area contributed by atoms with Gasteiger partial charge < -0.3 is 9.84 Å². The molecule has 2 heterocycles. The van der Waals surface area contributed by atoms with Gasteiger partial charge in [-0.15, -0.1) is 0 Å². The van der Waals surface area contributed by atoms with Crippen LogP contribution in [-0.4, -0.2) is 23.2 Å². The molecule has 78 valence electrons. The van der Waals surface area contributed by atoms with E-state index in [-0.39, 0.29) is 12.4 Å². The van der Waals surface area contributed by atoms with Gasteiger partial charge in [-0.05, 0) is 13.0 Å². The van der Waals surface area contributed by atoms with Gasteiger partial charge in [0.25, 0.3) is 5.89 Å². The summed E-state index contributed by atoms with van der Waals surface area (Å²) in [6.45, 7) is 2.97. The Labute approximate surface area is 81.9 Å². The number of rotatable bonds is 3. The molecule has 1 N–H and O–H groups in total. The van der Waals surface area contributed by atoms with Crippen molar-refractivity contribution >= 4 is 0 Å². The number of alkyl halides is 1. The number of nitrogens with one attached hydrogen (secondary N) is 1. The summed E-state index contributed by atoms with van der Waals surface area (Å²) in [5.74, 6) is 0.734. The quantitative estimate of drug-likeness (QED) is 0.794. The van der Waals surface area contributed by atoms with Gasteiger partial charge in [0.1, 0.15) is 0 Å². The molecule has 0 spiro atoms. The summed E-state index contributed by atoms with van der Waals surface area (Å²) in [6.07, 6.45) is 2.10. The molecule has 1 atom stereocenters. The molecule has 1 aromatic heterocycles. The maximum atomic E-state index is 14.0. The van der Waals surface area contributed by atoms with Gasteiger partial charge in [0, 0.05) is 19.4 Å². The lowest BCUT2D eigenvalue weighted by Crippen LogP contribution is -2.23. The highest BCUT2D eigenvalue weighted by Gasteiger charge is 2.41. The fourth-order valence-electron chi connectivity index (χ4n) is 1.61. The molecule has 1 saturated heterocycles. The van der Waals surface area contributed by atoms with Gasteiger partial charge in [-0.3, -0.25) is 0 Å². The third-order valence-electron chi connectivity index (χ3n) is 2.43. The summed E-state index contributed by atoms with van der Waals surface area (Å²) in [5, 5.41) is 6.69. The Morgan fingerprint density at radius 2 is 2.50 bits per heavy atom. The minimum Gasteiger partial charge on any atom is -0.336 e. The van der Waals surface area contributed by atoms with Crippen LogP contribution in [0.2, 0.25) is 0 Å². The molecule has 0 radical (unpaired) electrons. The van der Waals surface area contributed by atoms with Crippen molar-refractivity contribution in [2.45, 2.75) is 31.9 Å². The topological polar surface area (TPSA) is 51.0 Å². The molecular formula is C9H14FN3O. The highest BCUT2D eigenvalue weighted by atomic mass is 19.1. The fraction of sp³-hybridized carbons (Fsp3) is 0.778. The first-order valence-electron chi connectivity index (χ1n) is 4.97. The van der Waals surface area contributed by atoms with Crippen LogP contribution >= 0.6 is 0 Å². The summed E-state index contributed by atoms with van der Waals surface area (Å²) in [4.78, 5) is 4.06. The minimum absolute atomic E-state index is 0.131. The van der Waals surface area contributed by atoms with Gasteiger partial charge in [-0.1, -0.05) is 12.1 Å². The molecule has 5 heteroatoms. The van der Waals surface area contributed by atoms with Crippen LogP contribution in [-0.2, 0) is 12.1 Å². The second-order valence-electron chi connectivity index (χ2n) is 3.66. The van der Waals surface area contributed by atoms with Crippen molar-refractivity contribution in [3.05, 3.63) is 11.7 Å². The third-order valence-corrected chi connectivity index (χ3v) is 2.43. The standard InChI is InChI=1S/C9H14FN3O/c1-2-3-7-12-8(14-13-7)9(10)4-5-11-6-9/h11H,2-6H2,1H3. The Hall–Kier alpha value is -0.970. The molecule has 1 unspecified atom stereocenters. The fourth-order valence-corrected chi connectivity index (χ4v) is 1.61. The van der Waals surface area contributed by atoms with Gasteiger partial charge >= 0.3 is 0 Å². The third kappa shape index (κ3) is 1.64. The summed E-state index contributed by atoms with van der Waals surface area (Å²) in [7, 11) is 0. The Morgan fingerprint density at radius 3 is 3.14 bits per heavy atom. The maximum Gasteiger partial charge on any atom is 0.265 e. The van der Waals surface area contributed by atoms with Crippen molar-refractivity contribution in [1.29, 1.82) is 0 Å². The van der Waals surface area contributed by atoms with Crippen molar-refractivity contribution in [1.82, 2.24) is 15.5 Å². The van der Waals surface area contributed by atoms with E-state index >= 15 is 0 Å². The van der Waals surface area contributed by atoms with E-state index in [0.717, 1.165) is 12.8 Å². The van der Waals surface area contributed by atoms with E-state index in [1.165, 1.54) is 0 Å². The SMILES string of the molecule is CCCc1noc(C2(F)CCNC2)n1. The Balaban J connectivity index is 2.15. The normalized spacial score (nSPS) is 27.0. The molecule has 0 amide bonds. The maximum absolute atomic E-state index is 14.0. The lowest BCUT2D eigenvalue weighted by atomic mass is 10.1. The first-order chi connectivity index (χ1) is 6.74. The van der Waals surface area contributed by atoms with Gasteiger partial charge in [-0.2, -0.15) is 4.98 Å². The molecule has 0 aromatic carbocycles. The predicted octanol–water partition coefficient (Wildman–Crippen LogP) is 1.18. The molecule has 4 nitrogen and oxygen atoms in total. The van der Waals surface area contributed by atoms with E-state index in [9.17, 15) is 4.39 Å². The zero-order valence-corrected chi connectivity index (χ0v) is 8.22. The van der Waals surface area contributed by atoms with E-state index in [0.29, 0.717) is 18.8 Å². The average Bonchev–Trinajstić information content (AvgIpc) is 2.75. The summed E-state index contributed by atoms with van der Waals surface area (Å²) in [6, 6.07) is 0. The Kier molecular flexibility index (Phi) is 2.50. The number of aryl methyl sites for hydroxylation is 1. The van der Waals surface area contributed by atoms with Crippen LogP contribution in [0, 0.1) is 0 Å². The lowest BCUT2D eigenvalue weighted by Gasteiger charge is -2.10. The van der Waals surface area contributed by atoms with E-state index in [4.69, 9.17) is 4.52 Å². The molecule has 0 aliphatic carbocycles. The predicted molar refractivity (Wildman–Crippen MR) is 48.6 cm³/mol. The van der Waals surface area contributed by atoms with Crippen LogP contribution in [0.5, 0.6) is 0 Å². The molecule has 1 aromatic rings. The monoisotopic (exact) mass is 199 g/mol. The van der Waals surface area contributed by atoms with Crippen LogP contribution in [0.4, 0.5) is 4.39 Å². The van der Waals surface area contributed by atoms with Crippen molar-refractivity contribution in [2.24, 2.45) is 0 Å². The van der Waals surface area contributed by atoms with E-state index < -0.39 is 5.67 Å². The molecule has 0 bridgehead atoms. The largest absolute Gasteiger partial charge is 0.336 e. The lowest BCUT2D eigenvalue weighted by molar-refractivity contribution is 0.133. The van der Waals surface area contributed by atoms with E-state index in [2.05, 4.69) is 15.5 Å². The smallest absolute Gasteiger partial charge is 0.265 e. The molecule has 1 aliphatic heterocycles. The zero-order chi connectivity index (χ0) is 10.0. The first-order valence-corrected chi connectivity index (χ1v) is 4.97. The van der Waals surface area contributed by atoms with Gasteiger partial charge in [0.2, 0.25) is 5.67 Å². The number of hydrogen-bond acceptors (Lipinski definition) is 4. The summed E-state index contributed by atoms with van der Waals surface area (Å²) < 4.78 is 19.0. The van der Waals surface area contributed by atoms with Crippen LogP contribution in [0.25, 0.3) is 0 Å². The molecule has 2 rings (SSSR count). The van der Waals surface area contributed by atoms with Crippen LogP contribution in [0.1, 0.15) is 31.5 Å². The second-order valence-corrected chi connectivity index (χ2v) is 3.66. The zero-order valence-electron chi connectivity index (χ0n) is 8.22. The van der Waals surface area contributed by atoms with Gasteiger partial charge in [0.05, 0.1) is 0 Å². The van der Waals surface area contributed by atoms with Gasteiger partial charge in [-0.25, -0.2) is 4.39 Å². The molecule has 1 aliphatic rings. The van der Waals surface area contributed by atoms with Crippen molar-refractivity contribution < 1.29 is 8.91 Å². The molecule has 14 heavy (non-hydrogen) atoms. The Bertz CT molecular complexity index is 307. The van der Waals surface area contributed by atoms with E-state index in [1.54, 1.807) is 0 Å². The minimum atomic E-state index is -1.45. The Morgan fingerprint density at radius 1 is 1.64 bits per heavy atom. The van der Waals surface area contributed by atoms with Crippen LogP contribution in [0.3, 0.4) is 0 Å². The molecule has 0 saturated carbocycles.